The topological polar surface area (TPSA) is 29.5 Å². The number of fused-ring (bicyclic) bond motifs is 1. The number of hydrogen-bond donors (Lipinski definition) is 1. The summed E-state index contributed by atoms with van der Waals surface area (Å²) >= 11 is 0. The highest BCUT2D eigenvalue weighted by Gasteiger charge is 2.25. The number of rotatable bonds is 3. The summed E-state index contributed by atoms with van der Waals surface area (Å²) < 4.78 is 5.02. The zero-order chi connectivity index (χ0) is 10.7. The van der Waals surface area contributed by atoms with Crippen molar-refractivity contribution in [2.45, 2.75) is 31.3 Å². The number of aryl methyl sites for hydroxylation is 1. The Morgan fingerprint density at radius 2 is 2.27 bits per heavy atom. The second kappa shape index (κ2) is 4.77. The van der Waals surface area contributed by atoms with E-state index < -0.39 is 0 Å². The van der Waals surface area contributed by atoms with Gasteiger partial charge in [-0.1, -0.05) is 24.3 Å². The van der Waals surface area contributed by atoms with E-state index in [1.54, 1.807) is 7.11 Å². The van der Waals surface area contributed by atoms with Gasteiger partial charge in [0.1, 0.15) is 0 Å². The fourth-order valence-electron chi connectivity index (χ4n) is 2.48. The summed E-state index contributed by atoms with van der Waals surface area (Å²) in [7, 11) is 1.64. The molecule has 1 aromatic carbocycles. The van der Waals surface area contributed by atoms with Crippen LogP contribution in [0.2, 0.25) is 0 Å². The van der Waals surface area contributed by atoms with Crippen molar-refractivity contribution >= 4 is 0 Å². The molecule has 0 heterocycles. The van der Waals surface area contributed by atoms with E-state index in [2.05, 4.69) is 24.3 Å². The van der Waals surface area contributed by atoms with Gasteiger partial charge < -0.3 is 9.84 Å². The Morgan fingerprint density at radius 1 is 1.47 bits per heavy atom. The molecule has 82 valence electrons. The fourth-order valence-corrected chi connectivity index (χ4v) is 2.48. The smallest absolute Gasteiger partial charge is 0.0841 e. The maximum Gasteiger partial charge on any atom is 0.0841 e. The Kier molecular flexibility index (Phi) is 3.39. The van der Waals surface area contributed by atoms with Crippen molar-refractivity contribution in [3.63, 3.8) is 0 Å². The van der Waals surface area contributed by atoms with Crippen molar-refractivity contribution < 1.29 is 9.84 Å². The predicted octanol–water partition coefficient (Wildman–Crippen LogP) is 2.11. The normalized spacial score (nSPS) is 22.1. The minimum absolute atomic E-state index is 0.259. The summed E-state index contributed by atoms with van der Waals surface area (Å²) in [5.74, 6) is 0.259. The standard InChI is InChI=1S/C13H18O2/c1-15-9-13(14)12-8-4-6-10-5-2-3-7-11(10)12/h2-3,5,7,12-14H,4,6,8-9H2,1H3. The molecule has 0 saturated carbocycles. The van der Waals surface area contributed by atoms with Crippen molar-refractivity contribution in [3.05, 3.63) is 35.4 Å². The first kappa shape index (κ1) is 10.7. The van der Waals surface area contributed by atoms with Crippen molar-refractivity contribution in [3.8, 4) is 0 Å². The predicted molar refractivity (Wildman–Crippen MR) is 60.0 cm³/mol. The average molecular weight is 206 g/mol. The van der Waals surface area contributed by atoms with Crippen molar-refractivity contribution in [2.24, 2.45) is 0 Å². The Morgan fingerprint density at radius 3 is 3.07 bits per heavy atom. The summed E-state index contributed by atoms with van der Waals surface area (Å²) in [6.45, 7) is 0.430. The summed E-state index contributed by atoms with van der Waals surface area (Å²) in [6, 6.07) is 8.43. The zero-order valence-corrected chi connectivity index (χ0v) is 9.15. The van der Waals surface area contributed by atoms with Crippen molar-refractivity contribution in [1.29, 1.82) is 0 Å². The molecule has 0 radical (unpaired) electrons. The molecular formula is C13H18O2. The molecule has 2 heteroatoms. The number of hydrogen-bond acceptors (Lipinski definition) is 2. The van der Waals surface area contributed by atoms with Crippen LogP contribution in [0.1, 0.15) is 29.9 Å². The summed E-state index contributed by atoms with van der Waals surface area (Å²) in [6.07, 6.45) is 3.02. The molecule has 0 spiro atoms. The maximum absolute atomic E-state index is 10.00. The van der Waals surface area contributed by atoms with Crippen LogP contribution in [0.5, 0.6) is 0 Å². The van der Waals surface area contributed by atoms with Gasteiger partial charge in [0.05, 0.1) is 12.7 Å². The SMILES string of the molecule is COCC(O)C1CCCc2ccccc21. The Hall–Kier alpha value is -0.860. The average Bonchev–Trinajstić information content (AvgIpc) is 2.28. The summed E-state index contributed by atoms with van der Waals surface area (Å²) in [5.41, 5.74) is 2.71. The molecular weight excluding hydrogens is 188 g/mol. The van der Waals surface area contributed by atoms with Gasteiger partial charge in [-0.15, -0.1) is 0 Å². The van der Waals surface area contributed by atoms with Gasteiger partial charge in [0.25, 0.3) is 0 Å². The van der Waals surface area contributed by atoms with Gasteiger partial charge in [0.15, 0.2) is 0 Å². The molecule has 0 aliphatic heterocycles. The van der Waals surface area contributed by atoms with Gasteiger partial charge in [0.2, 0.25) is 0 Å². The second-order valence-electron chi connectivity index (χ2n) is 4.22. The highest BCUT2D eigenvalue weighted by atomic mass is 16.5. The fraction of sp³-hybridized carbons (Fsp3) is 0.538. The Labute approximate surface area is 90.9 Å². The largest absolute Gasteiger partial charge is 0.390 e. The number of methoxy groups -OCH3 is 1. The third-order valence-electron chi connectivity index (χ3n) is 3.22. The highest BCUT2D eigenvalue weighted by Crippen LogP contribution is 2.33. The molecule has 0 saturated heterocycles. The third kappa shape index (κ3) is 2.21. The van der Waals surface area contributed by atoms with Gasteiger partial charge in [0, 0.05) is 13.0 Å². The van der Waals surface area contributed by atoms with Crippen molar-refractivity contribution in [2.75, 3.05) is 13.7 Å². The quantitative estimate of drug-likeness (QED) is 0.820. The van der Waals surface area contributed by atoms with Crippen LogP contribution in [0.4, 0.5) is 0 Å². The van der Waals surface area contributed by atoms with Gasteiger partial charge >= 0.3 is 0 Å². The molecule has 0 fully saturated rings. The minimum atomic E-state index is -0.364. The van der Waals surface area contributed by atoms with Crippen LogP contribution in [-0.4, -0.2) is 24.9 Å². The molecule has 1 aromatic rings. The van der Waals surface area contributed by atoms with E-state index in [0.717, 1.165) is 12.8 Å². The lowest BCUT2D eigenvalue weighted by atomic mass is 9.80. The maximum atomic E-state index is 10.00. The molecule has 0 aromatic heterocycles. The Balaban J connectivity index is 2.21. The van der Waals surface area contributed by atoms with E-state index in [-0.39, 0.29) is 12.0 Å². The lowest BCUT2D eigenvalue weighted by Gasteiger charge is -2.29. The lowest BCUT2D eigenvalue weighted by Crippen LogP contribution is -2.26. The van der Waals surface area contributed by atoms with Crippen LogP contribution >= 0.6 is 0 Å². The minimum Gasteiger partial charge on any atom is -0.390 e. The molecule has 1 aliphatic carbocycles. The molecule has 1 N–H and O–H groups in total. The van der Waals surface area contributed by atoms with Crippen LogP contribution < -0.4 is 0 Å². The first-order chi connectivity index (χ1) is 7.33. The molecule has 1 aliphatic rings. The van der Waals surface area contributed by atoms with Gasteiger partial charge in [-0.2, -0.15) is 0 Å². The number of aliphatic hydroxyl groups is 1. The van der Waals surface area contributed by atoms with E-state index in [0.29, 0.717) is 6.61 Å². The summed E-state index contributed by atoms with van der Waals surface area (Å²) in [4.78, 5) is 0. The molecule has 0 bridgehead atoms. The molecule has 0 amide bonds. The summed E-state index contributed by atoms with van der Waals surface area (Å²) in [5, 5.41) is 10.00. The molecule has 2 unspecified atom stereocenters. The zero-order valence-electron chi connectivity index (χ0n) is 9.15. The first-order valence-corrected chi connectivity index (χ1v) is 5.57. The molecule has 15 heavy (non-hydrogen) atoms. The van der Waals surface area contributed by atoms with Crippen LogP contribution in [0.15, 0.2) is 24.3 Å². The highest BCUT2D eigenvalue weighted by molar-refractivity contribution is 5.33. The van der Waals surface area contributed by atoms with Crippen LogP contribution in [0, 0.1) is 0 Å². The molecule has 2 atom stereocenters. The first-order valence-electron chi connectivity index (χ1n) is 5.57. The van der Waals surface area contributed by atoms with Crippen LogP contribution in [0.3, 0.4) is 0 Å². The second-order valence-corrected chi connectivity index (χ2v) is 4.22. The van der Waals surface area contributed by atoms with E-state index >= 15 is 0 Å². The van der Waals surface area contributed by atoms with E-state index in [4.69, 9.17) is 4.74 Å². The van der Waals surface area contributed by atoms with E-state index in [1.807, 2.05) is 0 Å². The monoisotopic (exact) mass is 206 g/mol. The van der Waals surface area contributed by atoms with Crippen molar-refractivity contribution in [1.82, 2.24) is 0 Å². The molecule has 2 rings (SSSR count). The number of benzene rings is 1. The van der Waals surface area contributed by atoms with Crippen LogP contribution in [-0.2, 0) is 11.2 Å². The third-order valence-corrected chi connectivity index (χ3v) is 3.22. The molecule has 2 nitrogen and oxygen atoms in total. The van der Waals surface area contributed by atoms with Gasteiger partial charge in [-0.05, 0) is 30.4 Å². The van der Waals surface area contributed by atoms with Gasteiger partial charge in [-0.3, -0.25) is 0 Å². The van der Waals surface area contributed by atoms with E-state index in [1.165, 1.54) is 17.5 Å². The lowest BCUT2D eigenvalue weighted by molar-refractivity contribution is 0.0425. The van der Waals surface area contributed by atoms with Gasteiger partial charge in [-0.25, -0.2) is 0 Å². The number of ether oxygens (including phenoxy) is 1. The van der Waals surface area contributed by atoms with Crippen LogP contribution in [0.25, 0.3) is 0 Å². The number of aliphatic hydroxyl groups excluding tert-OH is 1. The Bertz CT molecular complexity index is 322. The van der Waals surface area contributed by atoms with E-state index in [9.17, 15) is 5.11 Å².